The maximum absolute atomic E-state index is 11.4. The monoisotopic (exact) mass is 354 g/mol. The van der Waals surface area contributed by atoms with Gasteiger partial charge in [0.25, 0.3) is 5.69 Å². The lowest BCUT2D eigenvalue weighted by Crippen LogP contribution is -1.97. The van der Waals surface area contributed by atoms with Crippen molar-refractivity contribution in [2.24, 2.45) is 0 Å². The second kappa shape index (κ2) is 7.03. The van der Waals surface area contributed by atoms with Gasteiger partial charge in [-0.2, -0.15) is 5.26 Å². The fraction of sp³-hybridized carbons (Fsp3) is 0.167. The van der Waals surface area contributed by atoms with E-state index in [0.717, 1.165) is 0 Å². The molecule has 0 N–H and O–H groups in total. The highest BCUT2D eigenvalue weighted by Gasteiger charge is 2.20. The van der Waals surface area contributed by atoms with Crippen molar-refractivity contribution in [1.82, 2.24) is 0 Å². The van der Waals surface area contributed by atoms with E-state index in [0.29, 0.717) is 22.8 Å². The van der Waals surface area contributed by atoms with Gasteiger partial charge in [0.05, 0.1) is 42.4 Å². The van der Waals surface area contributed by atoms with Crippen LogP contribution in [0.5, 0.6) is 23.0 Å². The van der Waals surface area contributed by atoms with Gasteiger partial charge in [0.15, 0.2) is 23.0 Å². The third kappa shape index (κ3) is 3.10. The number of rotatable bonds is 5. The molecular weight excluding hydrogens is 340 g/mol. The van der Waals surface area contributed by atoms with Crippen molar-refractivity contribution >= 4 is 17.3 Å². The van der Waals surface area contributed by atoms with Gasteiger partial charge in [-0.25, -0.2) is 0 Å². The van der Waals surface area contributed by atoms with Crippen molar-refractivity contribution in [3.63, 3.8) is 0 Å². The standard InChI is InChI=1S/C18H14N2O6/c1-23-16-7-12(14(20(21)22)8-17(16)24-2)5-13(9-19)11-3-4-15-18(6-11)26-10-25-15/h3-8H,10H2,1-2H3/b13-5+. The molecule has 0 radical (unpaired) electrons. The van der Waals surface area contributed by atoms with Gasteiger partial charge < -0.3 is 18.9 Å². The van der Waals surface area contributed by atoms with E-state index in [2.05, 4.69) is 6.07 Å². The topological polar surface area (TPSA) is 104 Å². The van der Waals surface area contributed by atoms with Gasteiger partial charge in [-0.05, 0) is 35.9 Å². The van der Waals surface area contributed by atoms with Gasteiger partial charge in [-0.1, -0.05) is 0 Å². The summed E-state index contributed by atoms with van der Waals surface area (Å²) in [6.07, 6.45) is 1.43. The Morgan fingerprint density at radius 2 is 1.88 bits per heavy atom. The predicted octanol–water partition coefficient (Wildman–Crippen LogP) is 3.40. The Hall–Kier alpha value is -3.73. The Labute approximate surface area is 148 Å². The zero-order valence-corrected chi connectivity index (χ0v) is 14.0. The minimum Gasteiger partial charge on any atom is -0.493 e. The van der Waals surface area contributed by atoms with Crippen LogP contribution in [0.15, 0.2) is 30.3 Å². The molecule has 0 amide bonds. The minimum atomic E-state index is -0.539. The summed E-state index contributed by atoms with van der Waals surface area (Å²) < 4.78 is 20.9. The van der Waals surface area contributed by atoms with Crippen LogP contribution in [-0.2, 0) is 0 Å². The number of nitriles is 1. The van der Waals surface area contributed by atoms with E-state index in [-0.39, 0.29) is 29.4 Å². The van der Waals surface area contributed by atoms with Crippen LogP contribution in [0.2, 0.25) is 0 Å². The number of hydrogen-bond donors (Lipinski definition) is 0. The van der Waals surface area contributed by atoms with E-state index in [9.17, 15) is 15.4 Å². The van der Waals surface area contributed by atoms with Gasteiger partial charge in [0.1, 0.15) is 0 Å². The highest BCUT2D eigenvalue weighted by molar-refractivity contribution is 5.92. The molecule has 0 aromatic heterocycles. The fourth-order valence-electron chi connectivity index (χ4n) is 2.56. The molecule has 0 unspecified atom stereocenters. The first-order valence-corrected chi connectivity index (χ1v) is 7.49. The van der Waals surface area contributed by atoms with Gasteiger partial charge >= 0.3 is 0 Å². The highest BCUT2D eigenvalue weighted by atomic mass is 16.7. The van der Waals surface area contributed by atoms with E-state index < -0.39 is 4.92 Å². The SMILES string of the molecule is COc1cc(/C=C(\C#N)c2ccc3c(c2)OCO3)c([N+](=O)[O-])cc1OC. The highest BCUT2D eigenvalue weighted by Crippen LogP contribution is 2.38. The number of ether oxygens (including phenoxy) is 4. The Morgan fingerprint density at radius 3 is 2.54 bits per heavy atom. The molecule has 0 bridgehead atoms. The van der Waals surface area contributed by atoms with Crippen molar-refractivity contribution in [3.05, 3.63) is 51.6 Å². The summed E-state index contributed by atoms with van der Waals surface area (Å²) in [6.45, 7) is 0.117. The number of allylic oxidation sites excluding steroid dienone is 1. The maximum Gasteiger partial charge on any atom is 0.280 e. The third-order valence-corrected chi connectivity index (χ3v) is 3.83. The Balaban J connectivity index is 2.12. The predicted molar refractivity (Wildman–Crippen MR) is 92.2 cm³/mol. The second-order valence-electron chi connectivity index (χ2n) is 5.26. The summed E-state index contributed by atoms with van der Waals surface area (Å²) in [7, 11) is 2.82. The summed E-state index contributed by atoms with van der Waals surface area (Å²) in [5, 5.41) is 20.9. The van der Waals surface area contributed by atoms with E-state index >= 15 is 0 Å². The number of nitro benzene ring substituents is 1. The molecule has 0 fully saturated rings. The maximum atomic E-state index is 11.4. The van der Waals surface area contributed by atoms with Crippen LogP contribution in [0.1, 0.15) is 11.1 Å². The molecule has 8 heteroatoms. The first-order chi connectivity index (χ1) is 12.6. The summed E-state index contributed by atoms with van der Waals surface area (Å²) in [5.41, 5.74) is 0.817. The van der Waals surface area contributed by atoms with E-state index in [4.69, 9.17) is 18.9 Å². The molecule has 2 aromatic rings. The molecule has 0 saturated heterocycles. The largest absolute Gasteiger partial charge is 0.493 e. The zero-order valence-electron chi connectivity index (χ0n) is 14.0. The van der Waals surface area contributed by atoms with Crippen molar-refractivity contribution in [3.8, 4) is 29.1 Å². The average molecular weight is 354 g/mol. The summed E-state index contributed by atoms with van der Waals surface area (Å²) in [6, 6.07) is 9.82. The van der Waals surface area contributed by atoms with Crippen molar-refractivity contribution < 1.29 is 23.9 Å². The molecule has 0 spiro atoms. The zero-order chi connectivity index (χ0) is 18.7. The molecule has 0 saturated carbocycles. The normalized spacial score (nSPS) is 12.4. The Morgan fingerprint density at radius 1 is 1.19 bits per heavy atom. The molecule has 3 rings (SSSR count). The quantitative estimate of drug-likeness (QED) is 0.351. The molecule has 0 aliphatic carbocycles. The van der Waals surface area contributed by atoms with Crippen LogP contribution in [0.3, 0.4) is 0 Å². The van der Waals surface area contributed by atoms with Crippen LogP contribution in [0, 0.1) is 21.4 Å². The van der Waals surface area contributed by atoms with E-state index in [1.54, 1.807) is 18.2 Å². The average Bonchev–Trinajstić information content (AvgIpc) is 3.12. The molecular formula is C18H14N2O6. The van der Waals surface area contributed by atoms with Crippen molar-refractivity contribution in [1.29, 1.82) is 5.26 Å². The number of nitro groups is 1. The fourth-order valence-corrected chi connectivity index (χ4v) is 2.56. The van der Waals surface area contributed by atoms with Gasteiger partial charge in [-0.3, -0.25) is 10.1 Å². The summed E-state index contributed by atoms with van der Waals surface area (Å²) in [5.74, 6) is 1.67. The van der Waals surface area contributed by atoms with Gasteiger partial charge in [0, 0.05) is 0 Å². The van der Waals surface area contributed by atoms with Gasteiger partial charge in [-0.15, -0.1) is 0 Å². The number of hydrogen-bond acceptors (Lipinski definition) is 7. The van der Waals surface area contributed by atoms with Crippen LogP contribution in [0.25, 0.3) is 11.6 Å². The van der Waals surface area contributed by atoms with Crippen LogP contribution in [-0.4, -0.2) is 25.9 Å². The third-order valence-electron chi connectivity index (χ3n) is 3.83. The molecule has 26 heavy (non-hydrogen) atoms. The minimum absolute atomic E-state index is 0.117. The first kappa shape index (κ1) is 17.1. The molecule has 1 aliphatic heterocycles. The molecule has 2 aromatic carbocycles. The molecule has 1 aliphatic rings. The number of nitrogens with zero attached hydrogens (tertiary/aromatic N) is 2. The lowest BCUT2D eigenvalue weighted by molar-refractivity contribution is -0.385. The molecule has 132 valence electrons. The summed E-state index contributed by atoms with van der Waals surface area (Å²) in [4.78, 5) is 10.9. The Kier molecular flexibility index (Phi) is 4.62. The lowest BCUT2D eigenvalue weighted by Gasteiger charge is -2.09. The molecule has 8 nitrogen and oxygen atoms in total. The number of methoxy groups -OCH3 is 2. The van der Waals surface area contributed by atoms with Crippen LogP contribution < -0.4 is 18.9 Å². The first-order valence-electron chi connectivity index (χ1n) is 7.49. The smallest absolute Gasteiger partial charge is 0.280 e. The summed E-state index contributed by atoms with van der Waals surface area (Å²) >= 11 is 0. The van der Waals surface area contributed by atoms with Crippen LogP contribution >= 0.6 is 0 Å². The molecule has 1 heterocycles. The second-order valence-corrected chi connectivity index (χ2v) is 5.26. The van der Waals surface area contributed by atoms with Crippen molar-refractivity contribution in [2.75, 3.05) is 21.0 Å². The van der Waals surface area contributed by atoms with Crippen molar-refractivity contribution in [2.45, 2.75) is 0 Å². The Bertz CT molecular complexity index is 945. The van der Waals surface area contributed by atoms with Gasteiger partial charge in [0.2, 0.25) is 6.79 Å². The van der Waals surface area contributed by atoms with E-state index in [1.165, 1.54) is 32.4 Å². The van der Waals surface area contributed by atoms with Crippen LogP contribution in [0.4, 0.5) is 5.69 Å². The van der Waals surface area contributed by atoms with E-state index in [1.807, 2.05) is 0 Å². The number of fused-ring (bicyclic) bond motifs is 1. The molecule has 0 atom stereocenters. The lowest BCUT2D eigenvalue weighted by atomic mass is 10.0. The number of benzene rings is 2.